The maximum Gasteiger partial charge on any atom is 0.332 e. The molecule has 0 aliphatic heterocycles. The Morgan fingerprint density at radius 1 is 1.25 bits per heavy atom. The quantitative estimate of drug-likeness (QED) is 0.525. The number of para-hydroxylation sites is 1. The Morgan fingerprint density at radius 3 is 2.55 bits per heavy atom. The number of nitrogens with zero attached hydrogens (tertiary/aromatic N) is 3. The first-order valence-electron chi connectivity index (χ1n) is 5.61. The van der Waals surface area contributed by atoms with Gasteiger partial charge in [0.25, 0.3) is 0 Å². The van der Waals surface area contributed by atoms with Crippen LogP contribution in [0.2, 0.25) is 10.3 Å². The Bertz CT molecular complexity index is 671. The Kier molecular flexibility index (Phi) is 4.06. The molecule has 20 heavy (non-hydrogen) atoms. The summed E-state index contributed by atoms with van der Waals surface area (Å²) in [6.07, 6.45) is 0. The van der Waals surface area contributed by atoms with Gasteiger partial charge in [-0.1, -0.05) is 23.7 Å². The van der Waals surface area contributed by atoms with Gasteiger partial charge in [0.1, 0.15) is 5.69 Å². The molecule has 0 saturated heterocycles. The molecule has 2 rings (SSSR count). The second-order valence-corrected chi connectivity index (χ2v) is 4.83. The van der Waals surface area contributed by atoms with Gasteiger partial charge in [0, 0.05) is 0 Å². The zero-order valence-corrected chi connectivity index (χ0v) is 12.2. The van der Waals surface area contributed by atoms with Gasteiger partial charge in [-0.2, -0.15) is 4.98 Å². The summed E-state index contributed by atoms with van der Waals surface area (Å²) in [7, 11) is 0. The fraction of sp³-hybridized carbons (Fsp3) is 0.167. The van der Waals surface area contributed by atoms with Gasteiger partial charge >= 0.3 is 5.69 Å². The van der Waals surface area contributed by atoms with Crippen molar-refractivity contribution in [1.29, 1.82) is 0 Å². The number of nitrogens with one attached hydrogen (secondary N) is 1. The van der Waals surface area contributed by atoms with Crippen LogP contribution in [0.5, 0.6) is 0 Å². The van der Waals surface area contributed by atoms with Gasteiger partial charge in [-0.05, 0) is 37.1 Å². The molecular formula is C12H10Cl2N4O2. The van der Waals surface area contributed by atoms with Crippen molar-refractivity contribution < 1.29 is 4.92 Å². The van der Waals surface area contributed by atoms with Crippen LogP contribution in [0, 0.1) is 24.0 Å². The highest BCUT2D eigenvalue weighted by Gasteiger charge is 2.22. The molecule has 0 fully saturated rings. The second kappa shape index (κ2) is 5.60. The van der Waals surface area contributed by atoms with Crippen LogP contribution in [-0.4, -0.2) is 14.9 Å². The van der Waals surface area contributed by atoms with E-state index in [2.05, 4.69) is 15.3 Å². The molecule has 104 valence electrons. The molecule has 0 aliphatic carbocycles. The highest BCUT2D eigenvalue weighted by molar-refractivity contribution is 6.33. The minimum Gasteiger partial charge on any atom is -0.333 e. The fourth-order valence-electron chi connectivity index (χ4n) is 1.75. The number of hydrogen-bond acceptors (Lipinski definition) is 5. The summed E-state index contributed by atoms with van der Waals surface area (Å²) in [6, 6.07) is 5.30. The largest absolute Gasteiger partial charge is 0.333 e. The minimum absolute atomic E-state index is 0.0173. The third kappa shape index (κ3) is 2.81. The molecule has 2 aromatic rings. The molecule has 1 aromatic carbocycles. The monoisotopic (exact) mass is 312 g/mol. The van der Waals surface area contributed by atoms with Gasteiger partial charge < -0.3 is 5.32 Å². The van der Waals surface area contributed by atoms with Gasteiger partial charge in [0.05, 0.1) is 15.6 Å². The molecule has 0 unspecified atom stereocenters. The third-order valence-electron chi connectivity index (χ3n) is 2.68. The van der Waals surface area contributed by atoms with Crippen LogP contribution < -0.4 is 5.32 Å². The predicted octanol–water partition coefficient (Wildman–Crippen LogP) is 4.05. The zero-order chi connectivity index (χ0) is 14.9. The molecule has 0 saturated carbocycles. The summed E-state index contributed by atoms with van der Waals surface area (Å²) < 4.78 is 0. The SMILES string of the molecule is Cc1cccc(Cl)c1Nc1nc(Cl)nc(C)c1[N+](=O)[O-]. The van der Waals surface area contributed by atoms with Crippen molar-refractivity contribution in [3.05, 3.63) is 49.9 Å². The highest BCUT2D eigenvalue weighted by Crippen LogP contribution is 2.33. The molecule has 0 amide bonds. The van der Waals surface area contributed by atoms with E-state index in [0.29, 0.717) is 10.7 Å². The van der Waals surface area contributed by atoms with E-state index in [1.165, 1.54) is 6.92 Å². The Balaban J connectivity index is 2.56. The van der Waals surface area contributed by atoms with Gasteiger partial charge in [-0.25, -0.2) is 4.98 Å². The second-order valence-electron chi connectivity index (χ2n) is 4.09. The number of rotatable bonds is 3. The molecule has 0 bridgehead atoms. The summed E-state index contributed by atoms with van der Waals surface area (Å²) in [5, 5.41) is 14.4. The molecule has 8 heteroatoms. The molecule has 0 aliphatic rings. The van der Waals surface area contributed by atoms with E-state index < -0.39 is 4.92 Å². The van der Waals surface area contributed by atoms with E-state index in [0.717, 1.165) is 5.56 Å². The van der Waals surface area contributed by atoms with Crippen LogP contribution in [0.15, 0.2) is 18.2 Å². The number of aromatic nitrogens is 2. The number of nitro groups is 1. The van der Waals surface area contributed by atoms with Crippen LogP contribution in [0.4, 0.5) is 17.2 Å². The molecule has 0 spiro atoms. The zero-order valence-electron chi connectivity index (χ0n) is 10.6. The van der Waals surface area contributed by atoms with Crippen molar-refractivity contribution >= 4 is 40.4 Å². The van der Waals surface area contributed by atoms with Crippen LogP contribution >= 0.6 is 23.2 Å². The van der Waals surface area contributed by atoms with Crippen molar-refractivity contribution in [2.45, 2.75) is 13.8 Å². The normalized spacial score (nSPS) is 10.4. The number of anilines is 2. The number of halogens is 2. The maximum atomic E-state index is 11.1. The van der Waals surface area contributed by atoms with E-state index in [9.17, 15) is 10.1 Å². The van der Waals surface area contributed by atoms with E-state index in [-0.39, 0.29) is 22.5 Å². The van der Waals surface area contributed by atoms with Gasteiger partial charge in [-0.15, -0.1) is 0 Å². The maximum absolute atomic E-state index is 11.1. The predicted molar refractivity (Wildman–Crippen MR) is 77.9 cm³/mol. The summed E-state index contributed by atoms with van der Waals surface area (Å²) in [5.41, 5.74) is 1.33. The number of hydrogen-bond donors (Lipinski definition) is 1. The number of aryl methyl sites for hydroxylation is 2. The minimum atomic E-state index is -0.555. The fourth-order valence-corrected chi connectivity index (χ4v) is 2.23. The Morgan fingerprint density at radius 2 is 1.95 bits per heavy atom. The van der Waals surface area contributed by atoms with Crippen molar-refractivity contribution in [1.82, 2.24) is 9.97 Å². The molecule has 1 N–H and O–H groups in total. The lowest BCUT2D eigenvalue weighted by Gasteiger charge is -2.11. The molecule has 1 aromatic heterocycles. The lowest BCUT2D eigenvalue weighted by Crippen LogP contribution is -2.05. The average molecular weight is 313 g/mol. The lowest BCUT2D eigenvalue weighted by atomic mass is 10.2. The molecule has 1 heterocycles. The first-order chi connectivity index (χ1) is 9.40. The third-order valence-corrected chi connectivity index (χ3v) is 3.16. The number of benzene rings is 1. The molecule has 0 atom stereocenters. The van der Waals surface area contributed by atoms with Gasteiger partial charge in [0.2, 0.25) is 11.1 Å². The Labute approximate surface area is 124 Å². The van der Waals surface area contributed by atoms with Gasteiger partial charge in [-0.3, -0.25) is 10.1 Å². The van der Waals surface area contributed by atoms with E-state index >= 15 is 0 Å². The van der Waals surface area contributed by atoms with Crippen LogP contribution in [-0.2, 0) is 0 Å². The molecule has 6 nitrogen and oxygen atoms in total. The first-order valence-corrected chi connectivity index (χ1v) is 6.36. The first kappa shape index (κ1) is 14.5. The Hall–Kier alpha value is -1.92. The summed E-state index contributed by atoms with van der Waals surface area (Å²) in [6.45, 7) is 3.33. The van der Waals surface area contributed by atoms with Crippen molar-refractivity contribution in [3.8, 4) is 0 Å². The van der Waals surface area contributed by atoms with Crippen LogP contribution in [0.1, 0.15) is 11.3 Å². The van der Waals surface area contributed by atoms with E-state index in [4.69, 9.17) is 23.2 Å². The average Bonchev–Trinajstić information content (AvgIpc) is 2.32. The smallest absolute Gasteiger partial charge is 0.332 e. The van der Waals surface area contributed by atoms with Crippen molar-refractivity contribution in [2.75, 3.05) is 5.32 Å². The van der Waals surface area contributed by atoms with E-state index in [1.807, 2.05) is 13.0 Å². The van der Waals surface area contributed by atoms with Crippen LogP contribution in [0.3, 0.4) is 0 Å². The van der Waals surface area contributed by atoms with Crippen molar-refractivity contribution in [3.63, 3.8) is 0 Å². The summed E-state index contributed by atoms with van der Waals surface area (Å²) >= 11 is 11.8. The highest BCUT2D eigenvalue weighted by atomic mass is 35.5. The van der Waals surface area contributed by atoms with Crippen molar-refractivity contribution in [2.24, 2.45) is 0 Å². The summed E-state index contributed by atoms with van der Waals surface area (Å²) in [5.74, 6) is 0.0173. The van der Waals surface area contributed by atoms with Gasteiger partial charge in [0.15, 0.2) is 0 Å². The lowest BCUT2D eigenvalue weighted by molar-refractivity contribution is -0.385. The standard InChI is InChI=1S/C12H10Cl2N4O2/c1-6-4-3-5-8(13)9(6)16-11-10(18(19)20)7(2)15-12(14)17-11/h3-5H,1-2H3,(H,15,16,17). The molecular weight excluding hydrogens is 303 g/mol. The van der Waals surface area contributed by atoms with Crippen LogP contribution in [0.25, 0.3) is 0 Å². The topological polar surface area (TPSA) is 81.0 Å². The molecule has 0 radical (unpaired) electrons. The van der Waals surface area contributed by atoms with E-state index in [1.54, 1.807) is 12.1 Å². The summed E-state index contributed by atoms with van der Waals surface area (Å²) in [4.78, 5) is 18.2.